The summed E-state index contributed by atoms with van der Waals surface area (Å²) in [4.78, 5) is 35.7. The van der Waals surface area contributed by atoms with E-state index in [0.29, 0.717) is 25.4 Å². The van der Waals surface area contributed by atoms with E-state index in [4.69, 9.17) is 19.2 Å². The summed E-state index contributed by atoms with van der Waals surface area (Å²) in [6.45, 7) is 1.12. The number of hydrogen-bond donors (Lipinski definition) is 1. The fraction of sp³-hybridized carbons (Fsp3) is 0.538. The summed E-state index contributed by atoms with van der Waals surface area (Å²) in [6.07, 6.45) is 8.86. The maximum absolute atomic E-state index is 13.6. The minimum absolute atomic E-state index is 0.00985. The Hall–Kier alpha value is -3.31. The van der Waals surface area contributed by atoms with Crippen LogP contribution in [0.1, 0.15) is 60.6 Å². The number of pyridine rings is 1. The lowest BCUT2D eigenvalue weighted by Crippen LogP contribution is -2.49. The number of alkyl halides is 1. The highest BCUT2D eigenvalue weighted by atomic mass is 19.1. The zero-order chi connectivity index (χ0) is 25.4. The van der Waals surface area contributed by atoms with Gasteiger partial charge in [0.1, 0.15) is 23.5 Å². The summed E-state index contributed by atoms with van der Waals surface area (Å²) < 4.78 is 34.1. The normalized spacial score (nSPS) is 30.1. The second-order valence-corrected chi connectivity index (χ2v) is 10.9. The van der Waals surface area contributed by atoms with Gasteiger partial charge in [0, 0.05) is 37.5 Å². The molecule has 3 saturated carbocycles. The number of nitrogens with one attached hydrogen (secondary N) is 1. The monoisotopic (exact) mass is 509 g/mol. The van der Waals surface area contributed by atoms with E-state index in [-0.39, 0.29) is 34.3 Å². The molecule has 5 fully saturated rings. The summed E-state index contributed by atoms with van der Waals surface area (Å²) in [5.74, 6) is 0.111. The lowest BCUT2D eigenvalue weighted by molar-refractivity contribution is -0.0614. The molecule has 3 aromatic heterocycles. The van der Waals surface area contributed by atoms with Crippen LogP contribution < -0.4 is 15.6 Å². The molecule has 2 aliphatic heterocycles. The van der Waals surface area contributed by atoms with Crippen LogP contribution in [-0.2, 0) is 14.9 Å². The molecule has 0 aromatic carbocycles. The summed E-state index contributed by atoms with van der Waals surface area (Å²) in [6, 6.07) is 2.67. The molecule has 8 rings (SSSR count). The van der Waals surface area contributed by atoms with E-state index in [0.717, 1.165) is 37.8 Å². The van der Waals surface area contributed by atoms with E-state index < -0.39 is 23.7 Å². The third kappa shape index (κ3) is 3.66. The second-order valence-electron chi connectivity index (χ2n) is 10.9. The molecule has 5 heterocycles. The molecule has 2 atom stereocenters. The summed E-state index contributed by atoms with van der Waals surface area (Å²) in [5, 5.41) is 2.69. The van der Waals surface area contributed by atoms with Crippen LogP contribution in [0.5, 0.6) is 5.88 Å². The van der Waals surface area contributed by atoms with Crippen molar-refractivity contribution in [2.45, 2.75) is 67.9 Å². The van der Waals surface area contributed by atoms with Crippen molar-refractivity contribution >= 4 is 17.4 Å². The van der Waals surface area contributed by atoms with Crippen molar-refractivity contribution in [3.05, 3.63) is 52.3 Å². The minimum atomic E-state index is -1.03. The van der Waals surface area contributed by atoms with Crippen molar-refractivity contribution in [3.8, 4) is 5.88 Å². The first-order valence-electron chi connectivity index (χ1n) is 12.8. The Bertz CT molecular complexity index is 1460. The van der Waals surface area contributed by atoms with Gasteiger partial charge in [0.2, 0.25) is 11.7 Å². The quantitative estimate of drug-likeness (QED) is 0.497. The number of fused-ring (bicyclic) bond motifs is 2. The van der Waals surface area contributed by atoms with Crippen molar-refractivity contribution in [1.29, 1.82) is 0 Å². The van der Waals surface area contributed by atoms with Crippen molar-refractivity contribution in [3.63, 3.8) is 0 Å². The predicted molar refractivity (Wildman–Crippen MR) is 130 cm³/mol. The Kier molecular flexibility index (Phi) is 5.00. The van der Waals surface area contributed by atoms with Crippen LogP contribution in [0.2, 0.25) is 0 Å². The molecule has 0 spiro atoms. The lowest BCUT2D eigenvalue weighted by Gasteiger charge is -2.43. The third-order valence-corrected chi connectivity index (χ3v) is 8.18. The SMILES string of the molecule is COCC12CC(c3cn4cc(C(=O)Nc5cccn([C@H]6C[C@H]6F)c5=O)c(OC5CCC5)nc4n3)(CO1)C2. The minimum Gasteiger partial charge on any atom is -0.474 e. The molecule has 194 valence electrons. The second kappa shape index (κ2) is 8.09. The number of aromatic nitrogens is 4. The first kappa shape index (κ1) is 22.9. The van der Waals surface area contributed by atoms with Gasteiger partial charge in [-0.1, -0.05) is 0 Å². The van der Waals surface area contributed by atoms with E-state index in [2.05, 4.69) is 10.3 Å². The zero-order valence-corrected chi connectivity index (χ0v) is 20.5. The molecule has 11 heteroatoms. The standard InChI is InChI=1S/C26H28FN5O5/c1-35-14-26-11-25(12-26,13-36-26)20-10-31-9-16(22(30-24(31)29-20)37-15-4-2-5-15)21(33)28-18-6-3-7-32(23(18)34)19-8-17(19)27/h3,6-7,9-10,15,17,19H,2,4-5,8,11-14H2,1H3,(H,28,33)/t17-,19+,25?,26?/m1/s1. The van der Waals surface area contributed by atoms with Crippen molar-refractivity contribution in [2.24, 2.45) is 0 Å². The zero-order valence-electron chi connectivity index (χ0n) is 20.5. The van der Waals surface area contributed by atoms with E-state index in [1.165, 1.54) is 10.6 Å². The van der Waals surface area contributed by atoms with Gasteiger partial charge in [-0.25, -0.2) is 9.37 Å². The van der Waals surface area contributed by atoms with Crippen LogP contribution in [0, 0.1) is 0 Å². The summed E-state index contributed by atoms with van der Waals surface area (Å²) in [5.41, 5.74) is 0.288. The number of methoxy groups -OCH3 is 1. The molecule has 0 unspecified atom stereocenters. The maximum Gasteiger partial charge on any atom is 0.274 e. The molecular formula is C26H28FN5O5. The molecule has 1 amide bonds. The Morgan fingerprint density at radius 1 is 1.30 bits per heavy atom. The number of rotatable bonds is 8. The summed E-state index contributed by atoms with van der Waals surface area (Å²) in [7, 11) is 1.68. The fourth-order valence-electron chi connectivity index (χ4n) is 5.89. The Labute approximate surface area is 211 Å². The van der Waals surface area contributed by atoms with Gasteiger partial charge in [-0.2, -0.15) is 4.98 Å². The van der Waals surface area contributed by atoms with Crippen LogP contribution in [0.15, 0.2) is 35.5 Å². The average Bonchev–Trinajstić information content (AvgIpc) is 3.16. The van der Waals surface area contributed by atoms with Crippen LogP contribution in [-0.4, -0.2) is 63.0 Å². The number of carbonyl (C=O) groups excluding carboxylic acids is 1. The van der Waals surface area contributed by atoms with Gasteiger partial charge >= 0.3 is 0 Å². The van der Waals surface area contributed by atoms with Gasteiger partial charge in [-0.3, -0.25) is 14.0 Å². The van der Waals surface area contributed by atoms with Gasteiger partial charge in [-0.15, -0.1) is 0 Å². The number of imidazole rings is 1. The Balaban J connectivity index is 1.21. The number of nitrogens with zero attached hydrogens (tertiary/aromatic N) is 4. The number of anilines is 1. The van der Waals surface area contributed by atoms with Gasteiger partial charge in [-0.05, 0) is 44.2 Å². The van der Waals surface area contributed by atoms with Gasteiger partial charge < -0.3 is 24.1 Å². The first-order valence-corrected chi connectivity index (χ1v) is 12.8. The molecule has 2 saturated heterocycles. The molecule has 37 heavy (non-hydrogen) atoms. The van der Waals surface area contributed by atoms with E-state index >= 15 is 0 Å². The lowest BCUT2D eigenvalue weighted by atomic mass is 9.61. The van der Waals surface area contributed by atoms with Crippen LogP contribution in [0.3, 0.4) is 0 Å². The smallest absolute Gasteiger partial charge is 0.274 e. The molecular weight excluding hydrogens is 481 g/mol. The highest BCUT2D eigenvalue weighted by molar-refractivity contribution is 6.05. The third-order valence-electron chi connectivity index (χ3n) is 8.18. The highest BCUT2D eigenvalue weighted by Gasteiger charge is 2.64. The number of ether oxygens (including phenoxy) is 3. The fourth-order valence-corrected chi connectivity index (χ4v) is 5.89. The number of carbonyl (C=O) groups is 1. The highest BCUT2D eigenvalue weighted by Crippen LogP contribution is 2.58. The Morgan fingerprint density at radius 3 is 2.81 bits per heavy atom. The molecule has 0 radical (unpaired) electrons. The van der Waals surface area contributed by atoms with Crippen LogP contribution in [0.25, 0.3) is 5.78 Å². The molecule has 2 bridgehead atoms. The molecule has 1 N–H and O–H groups in total. The topological polar surface area (TPSA) is 109 Å². The van der Waals surface area contributed by atoms with Crippen molar-refractivity contribution < 1.29 is 23.4 Å². The summed E-state index contributed by atoms with van der Waals surface area (Å²) >= 11 is 0. The van der Waals surface area contributed by atoms with Gasteiger partial charge in [0.15, 0.2) is 0 Å². The van der Waals surface area contributed by atoms with Crippen molar-refractivity contribution in [2.75, 3.05) is 25.6 Å². The van der Waals surface area contributed by atoms with Gasteiger partial charge in [0.25, 0.3) is 11.5 Å². The van der Waals surface area contributed by atoms with Crippen LogP contribution >= 0.6 is 0 Å². The van der Waals surface area contributed by atoms with Crippen LogP contribution in [0.4, 0.5) is 10.1 Å². The average molecular weight is 510 g/mol. The van der Waals surface area contributed by atoms with E-state index in [1.807, 2.05) is 6.20 Å². The molecule has 3 aliphatic carbocycles. The van der Waals surface area contributed by atoms with E-state index in [1.54, 1.807) is 30.0 Å². The number of hydrogen-bond acceptors (Lipinski definition) is 7. The Morgan fingerprint density at radius 2 is 2.11 bits per heavy atom. The largest absolute Gasteiger partial charge is 0.474 e. The maximum atomic E-state index is 13.6. The first-order chi connectivity index (χ1) is 17.9. The van der Waals surface area contributed by atoms with Crippen molar-refractivity contribution in [1.82, 2.24) is 18.9 Å². The van der Waals surface area contributed by atoms with Gasteiger partial charge in [0.05, 0.1) is 30.6 Å². The molecule has 5 aliphatic rings. The number of amides is 1. The molecule has 10 nitrogen and oxygen atoms in total. The number of halogens is 1. The molecule has 3 aromatic rings. The van der Waals surface area contributed by atoms with E-state index in [9.17, 15) is 14.0 Å². The predicted octanol–water partition coefficient (Wildman–Crippen LogP) is 2.80.